The molecule has 2 rings (SSSR count). The second kappa shape index (κ2) is 8.89. The average Bonchev–Trinajstić information content (AvgIpc) is 2.60. The molecule has 26 heavy (non-hydrogen) atoms. The van der Waals surface area contributed by atoms with Gasteiger partial charge in [0.1, 0.15) is 11.7 Å². The van der Waals surface area contributed by atoms with Gasteiger partial charge in [-0.1, -0.05) is 31.2 Å². The summed E-state index contributed by atoms with van der Waals surface area (Å²) in [5.74, 6) is -1.48. The summed E-state index contributed by atoms with van der Waals surface area (Å²) in [4.78, 5) is 35.7. The molecular formula is C18H23N3O5. The van der Waals surface area contributed by atoms with Gasteiger partial charge < -0.3 is 25.8 Å². The van der Waals surface area contributed by atoms with Gasteiger partial charge in [-0.25, -0.2) is 4.79 Å². The number of para-hydroxylation sites is 1. The molecule has 1 heterocycles. The summed E-state index contributed by atoms with van der Waals surface area (Å²) in [6.45, 7) is 3.53. The van der Waals surface area contributed by atoms with Crippen molar-refractivity contribution >= 4 is 17.9 Å². The van der Waals surface area contributed by atoms with Gasteiger partial charge in [-0.2, -0.15) is 0 Å². The number of primary amides is 1. The predicted molar refractivity (Wildman–Crippen MR) is 94.0 cm³/mol. The molecule has 0 saturated carbocycles. The van der Waals surface area contributed by atoms with Crippen LogP contribution in [-0.2, 0) is 14.3 Å². The maximum absolute atomic E-state index is 12.6. The van der Waals surface area contributed by atoms with E-state index >= 15 is 0 Å². The van der Waals surface area contributed by atoms with Crippen molar-refractivity contribution in [3.8, 4) is 5.75 Å². The van der Waals surface area contributed by atoms with Gasteiger partial charge in [0.25, 0.3) is 5.91 Å². The van der Waals surface area contributed by atoms with Crippen molar-refractivity contribution in [2.45, 2.75) is 26.3 Å². The van der Waals surface area contributed by atoms with Crippen LogP contribution in [0.25, 0.3) is 0 Å². The molecule has 0 aromatic heterocycles. The Bertz CT molecular complexity index is 717. The van der Waals surface area contributed by atoms with E-state index in [1.807, 2.05) is 6.92 Å². The minimum Gasteiger partial charge on any atom is -0.483 e. The highest BCUT2D eigenvalue weighted by molar-refractivity contribution is 5.85. The normalized spacial score (nSPS) is 20.8. The summed E-state index contributed by atoms with van der Waals surface area (Å²) >= 11 is 0. The number of nitrogens with two attached hydrogens (primary N) is 1. The predicted octanol–water partition coefficient (Wildman–Crippen LogP) is 1.38. The number of amides is 3. The summed E-state index contributed by atoms with van der Waals surface area (Å²) in [5.41, 5.74) is 6.18. The van der Waals surface area contributed by atoms with Crippen LogP contribution in [0, 0.1) is 5.92 Å². The Morgan fingerprint density at radius 2 is 2.00 bits per heavy atom. The zero-order valence-electron chi connectivity index (χ0n) is 14.8. The number of carbonyl (C=O) groups excluding carboxylic acids is 3. The molecule has 1 aliphatic heterocycles. The molecule has 1 fully saturated rings. The van der Waals surface area contributed by atoms with Crippen molar-refractivity contribution in [2.24, 2.45) is 11.7 Å². The van der Waals surface area contributed by atoms with E-state index in [2.05, 4.69) is 10.6 Å². The third-order valence-corrected chi connectivity index (χ3v) is 3.80. The van der Waals surface area contributed by atoms with Gasteiger partial charge in [0.05, 0.1) is 12.6 Å². The van der Waals surface area contributed by atoms with Gasteiger partial charge >= 0.3 is 12.0 Å². The summed E-state index contributed by atoms with van der Waals surface area (Å²) in [6, 6.07) is 5.72. The van der Waals surface area contributed by atoms with Gasteiger partial charge in [0.15, 0.2) is 6.61 Å². The first-order valence-corrected chi connectivity index (χ1v) is 8.42. The number of nitrogens with one attached hydrogen (secondary N) is 2. The summed E-state index contributed by atoms with van der Waals surface area (Å²) in [6.07, 6.45) is 2.41. The SMILES string of the molecule is CC/C=C1\NC(=O)N[C@@H](c2ccccc2OCC(N)=O)[C@@H]1C(=O)OCC. The Labute approximate surface area is 151 Å². The van der Waals surface area contributed by atoms with E-state index in [-0.39, 0.29) is 13.2 Å². The maximum Gasteiger partial charge on any atom is 0.319 e. The van der Waals surface area contributed by atoms with Crippen LogP contribution in [0.2, 0.25) is 0 Å². The standard InChI is InChI=1S/C18H23N3O5/c1-3-7-12-15(17(23)25-4-2)16(21-18(24)20-12)11-8-5-6-9-13(11)26-10-14(19)22/h5-9,15-16H,3-4,10H2,1-2H3,(H2,19,22)(H2,20,21,24)/b12-7-/t15-,16+/m1/s1. The second-order valence-electron chi connectivity index (χ2n) is 5.67. The van der Waals surface area contributed by atoms with Crippen LogP contribution >= 0.6 is 0 Å². The number of esters is 1. The fourth-order valence-electron chi connectivity index (χ4n) is 2.82. The number of benzene rings is 1. The zero-order valence-corrected chi connectivity index (χ0v) is 14.8. The molecule has 1 aromatic carbocycles. The zero-order chi connectivity index (χ0) is 19.1. The smallest absolute Gasteiger partial charge is 0.319 e. The van der Waals surface area contributed by atoms with Crippen molar-refractivity contribution in [3.05, 3.63) is 41.6 Å². The highest BCUT2D eigenvalue weighted by Gasteiger charge is 2.40. The molecular weight excluding hydrogens is 338 g/mol. The molecule has 0 bridgehead atoms. The summed E-state index contributed by atoms with van der Waals surface area (Å²) < 4.78 is 10.6. The van der Waals surface area contributed by atoms with E-state index in [4.69, 9.17) is 15.2 Å². The number of carbonyl (C=O) groups is 3. The Hall–Kier alpha value is -3.03. The minimum atomic E-state index is -0.758. The number of rotatable bonds is 7. The molecule has 1 aromatic rings. The van der Waals surface area contributed by atoms with E-state index in [9.17, 15) is 14.4 Å². The fourth-order valence-corrected chi connectivity index (χ4v) is 2.82. The van der Waals surface area contributed by atoms with Crippen molar-refractivity contribution in [3.63, 3.8) is 0 Å². The maximum atomic E-state index is 12.6. The molecule has 3 amide bonds. The van der Waals surface area contributed by atoms with Gasteiger partial charge in [0.2, 0.25) is 0 Å². The topological polar surface area (TPSA) is 120 Å². The number of hydrogen-bond donors (Lipinski definition) is 3. The molecule has 0 aliphatic carbocycles. The number of hydrogen-bond acceptors (Lipinski definition) is 5. The number of ether oxygens (including phenoxy) is 2. The van der Waals surface area contributed by atoms with E-state index < -0.39 is 29.9 Å². The molecule has 4 N–H and O–H groups in total. The average molecular weight is 361 g/mol. The van der Waals surface area contributed by atoms with Gasteiger partial charge in [0, 0.05) is 11.3 Å². The highest BCUT2D eigenvalue weighted by atomic mass is 16.5. The molecule has 8 heteroatoms. The first-order chi connectivity index (χ1) is 12.5. The Morgan fingerprint density at radius 3 is 2.65 bits per heavy atom. The molecule has 140 valence electrons. The largest absolute Gasteiger partial charge is 0.483 e. The van der Waals surface area contributed by atoms with Crippen molar-refractivity contribution in [1.82, 2.24) is 10.6 Å². The van der Waals surface area contributed by atoms with Gasteiger partial charge in [-0.3, -0.25) is 9.59 Å². The van der Waals surface area contributed by atoms with Crippen molar-refractivity contribution in [2.75, 3.05) is 13.2 Å². The second-order valence-corrected chi connectivity index (χ2v) is 5.67. The van der Waals surface area contributed by atoms with Crippen LogP contribution in [0.15, 0.2) is 36.0 Å². The van der Waals surface area contributed by atoms with Gasteiger partial charge in [-0.05, 0) is 19.4 Å². The molecule has 1 aliphatic rings. The van der Waals surface area contributed by atoms with Crippen LogP contribution in [0.3, 0.4) is 0 Å². The first-order valence-electron chi connectivity index (χ1n) is 8.42. The molecule has 0 spiro atoms. The molecule has 0 radical (unpaired) electrons. The number of urea groups is 1. The lowest BCUT2D eigenvalue weighted by atomic mass is 9.87. The highest BCUT2D eigenvalue weighted by Crippen LogP contribution is 2.36. The first kappa shape index (κ1) is 19.3. The minimum absolute atomic E-state index is 0.217. The Balaban J connectivity index is 2.45. The monoisotopic (exact) mass is 361 g/mol. The molecule has 1 saturated heterocycles. The van der Waals surface area contributed by atoms with Crippen LogP contribution < -0.4 is 21.1 Å². The Morgan fingerprint density at radius 1 is 1.27 bits per heavy atom. The fraction of sp³-hybridized carbons (Fsp3) is 0.389. The van der Waals surface area contributed by atoms with Crippen molar-refractivity contribution in [1.29, 1.82) is 0 Å². The lowest BCUT2D eigenvalue weighted by molar-refractivity contribution is -0.148. The Kier molecular flexibility index (Phi) is 6.60. The molecule has 2 atom stereocenters. The third-order valence-electron chi connectivity index (χ3n) is 3.80. The van der Waals surface area contributed by atoms with E-state index in [1.54, 1.807) is 37.3 Å². The van der Waals surface area contributed by atoms with Crippen molar-refractivity contribution < 1.29 is 23.9 Å². The van der Waals surface area contributed by atoms with E-state index in [0.717, 1.165) is 0 Å². The lowest BCUT2D eigenvalue weighted by Gasteiger charge is -2.34. The van der Waals surface area contributed by atoms with Crippen LogP contribution in [-0.4, -0.2) is 31.1 Å². The number of allylic oxidation sites excluding steroid dienone is 1. The van der Waals surface area contributed by atoms with E-state index in [1.165, 1.54) is 0 Å². The lowest BCUT2D eigenvalue weighted by Crippen LogP contribution is -2.51. The van der Waals surface area contributed by atoms with Crippen LogP contribution in [0.1, 0.15) is 31.9 Å². The summed E-state index contributed by atoms with van der Waals surface area (Å²) in [5, 5.41) is 5.42. The third kappa shape index (κ3) is 4.53. The van der Waals surface area contributed by atoms with Crippen LogP contribution in [0.4, 0.5) is 4.79 Å². The molecule has 8 nitrogen and oxygen atoms in total. The van der Waals surface area contributed by atoms with Gasteiger partial charge in [-0.15, -0.1) is 0 Å². The van der Waals surface area contributed by atoms with Crippen LogP contribution in [0.5, 0.6) is 5.75 Å². The summed E-state index contributed by atoms with van der Waals surface area (Å²) in [7, 11) is 0. The quantitative estimate of drug-likeness (QED) is 0.634. The molecule has 0 unspecified atom stereocenters. The van der Waals surface area contributed by atoms with E-state index in [0.29, 0.717) is 23.4 Å².